The maximum atomic E-state index is 12.8. The van der Waals surface area contributed by atoms with Gasteiger partial charge >= 0.3 is 0 Å². The van der Waals surface area contributed by atoms with Gasteiger partial charge in [-0.05, 0) is 62.9 Å². The molecule has 5 nitrogen and oxygen atoms in total. The number of nitrogens with one attached hydrogen (secondary N) is 2. The van der Waals surface area contributed by atoms with Crippen molar-refractivity contribution >= 4 is 11.8 Å². The third kappa shape index (κ3) is 3.93. The highest BCUT2D eigenvalue weighted by Crippen LogP contribution is 2.59. The summed E-state index contributed by atoms with van der Waals surface area (Å²) in [5.74, 6) is 1.51. The Morgan fingerprint density at radius 2 is 1.88 bits per heavy atom. The average molecular weight is 335 g/mol. The molecule has 1 spiro atoms. The van der Waals surface area contributed by atoms with E-state index in [1.54, 1.807) is 0 Å². The minimum atomic E-state index is 0.0910. The van der Waals surface area contributed by atoms with E-state index in [-0.39, 0.29) is 17.7 Å². The summed E-state index contributed by atoms with van der Waals surface area (Å²) in [4.78, 5) is 27.0. The van der Waals surface area contributed by atoms with Gasteiger partial charge in [0.25, 0.3) is 0 Å². The lowest BCUT2D eigenvalue weighted by Crippen LogP contribution is -2.44. The maximum absolute atomic E-state index is 12.8. The van der Waals surface area contributed by atoms with E-state index < -0.39 is 0 Å². The molecule has 2 amide bonds. The predicted octanol–water partition coefficient (Wildman–Crippen LogP) is 1.78. The smallest absolute Gasteiger partial charge is 0.226 e. The molecule has 2 saturated heterocycles. The first-order valence-corrected chi connectivity index (χ1v) is 9.79. The Bertz CT molecular complexity index is 463. The molecule has 1 atom stereocenters. The molecule has 5 heteroatoms. The molecule has 3 aliphatic rings. The highest BCUT2D eigenvalue weighted by molar-refractivity contribution is 5.83. The van der Waals surface area contributed by atoms with Gasteiger partial charge in [-0.2, -0.15) is 0 Å². The molecule has 0 radical (unpaired) electrons. The van der Waals surface area contributed by atoms with Crippen LogP contribution in [0.3, 0.4) is 0 Å². The summed E-state index contributed by atoms with van der Waals surface area (Å²) >= 11 is 0. The Morgan fingerprint density at radius 1 is 1.21 bits per heavy atom. The highest BCUT2D eigenvalue weighted by Gasteiger charge is 2.58. The summed E-state index contributed by atoms with van der Waals surface area (Å²) < 4.78 is 0. The second-order valence-electron chi connectivity index (χ2n) is 8.44. The van der Waals surface area contributed by atoms with E-state index in [9.17, 15) is 9.59 Å². The molecule has 0 aromatic carbocycles. The van der Waals surface area contributed by atoms with Gasteiger partial charge in [0.2, 0.25) is 11.8 Å². The SMILES string of the molecule is CC(C)CCNC(=O)C1CCN(C(=O)C2CC23CCNCC3)CC1. The summed E-state index contributed by atoms with van der Waals surface area (Å²) in [6.07, 6.45) is 6.06. The first-order valence-electron chi connectivity index (χ1n) is 9.79. The van der Waals surface area contributed by atoms with Crippen LogP contribution < -0.4 is 10.6 Å². The number of amides is 2. The van der Waals surface area contributed by atoms with Crippen molar-refractivity contribution in [3.05, 3.63) is 0 Å². The van der Waals surface area contributed by atoms with Crippen LogP contribution in [0.2, 0.25) is 0 Å². The van der Waals surface area contributed by atoms with Crippen LogP contribution in [0.25, 0.3) is 0 Å². The van der Waals surface area contributed by atoms with E-state index in [1.165, 1.54) is 0 Å². The summed E-state index contributed by atoms with van der Waals surface area (Å²) in [5.41, 5.74) is 0.313. The normalized spacial score (nSPS) is 26.6. The van der Waals surface area contributed by atoms with Crippen LogP contribution in [0.5, 0.6) is 0 Å². The van der Waals surface area contributed by atoms with E-state index >= 15 is 0 Å². The number of carbonyl (C=O) groups excluding carboxylic acids is 2. The molecule has 3 rings (SSSR count). The van der Waals surface area contributed by atoms with Crippen LogP contribution in [-0.2, 0) is 9.59 Å². The van der Waals surface area contributed by atoms with Crippen LogP contribution in [0, 0.1) is 23.2 Å². The lowest BCUT2D eigenvalue weighted by Gasteiger charge is -2.32. The van der Waals surface area contributed by atoms with E-state index in [0.717, 1.165) is 71.2 Å². The molecule has 2 aliphatic heterocycles. The van der Waals surface area contributed by atoms with Crippen molar-refractivity contribution in [3.8, 4) is 0 Å². The van der Waals surface area contributed by atoms with Gasteiger partial charge in [-0.15, -0.1) is 0 Å². The quantitative estimate of drug-likeness (QED) is 0.805. The summed E-state index contributed by atoms with van der Waals surface area (Å²) in [7, 11) is 0. The van der Waals surface area contributed by atoms with Gasteiger partial charge in [-0.1, -0.05) is 13.8 Å². The Balaban J connectivity index is 1.40. The van der Waals surface area contributed by atoms with Gasteiger partial charge < -0.3 is 15.5 Å². The van der Waals surface area contributed by atoms with Crippen molar-refractivity contribution in [2.24, 2.45) is 23.2 Å². The van der Waals surface area contributed by atoms with Gasteiger partial charge in [0.05, 0.1) is 0 Å². The average Bonchev–Trinajstić information content (AvgIpc) is 3.27. The molecule has 3 fully saturated rings. The lowest BCUT2D eigenvalue weighted by molar-refractivity contribution is -0.137. The number of nitrogens with zero attached hydrogens (tertiary/aromatic N) is 1. The first-order chi connectivity index (χ1) is 11.5. The minimum Gasteiger partial charge on any atom is -0.356 e. The number of likely N-dealkylation sites (tertiary alicyclic amines) is 1. The van der Waals surface area contributed by atoms with Crippen LogP contribution in [0.4, 0.5) is 0 Å². The predicted molar refractivity (Wildman–Crippen MR) is 94.4 cm³/mol. The molecule has 0 aromatic heterocycles. The van der Waals surface area contributed by atoms with Crippen molar-refractivity contribution in [1.29, 1.82) is 0 Å². The molecule has 1 unspecified atom stereocenters. The molecule has 2 N–H and O–H groups in total. The first kappa shape index (κ1) is 17.7. The Hall–Kier alpha value is -1.10. The Labute approximate surface area is 145 Å². The van der Waals surface area contributed by atoms with Gasteiger partial charge in [0, 0.05) is 31.5 Å². The Kier molecular flexibility index (Phi) is 5.48. The third-order valence-corrected chi connectivity index (χ3v) is 6.29. The number of piperidine rings is 2. The van der Waals surface area contributed by atoms with Crippen molar-refractivity contribution in [3.63, 3.8) is 0 Å². The van der Waals surface area contributed by atoms with Crippen molar-refractivity contribution < 1.29 is 9.59 Å². The lowest BCUT2D eigenvalue weighted by atomic mass is 9.90. The monoisotopic (exact) mass is 335 g/mol. The van der Waals surface area contributed by atoms with Gasteiger partial charge in [0.15, 0.2) is 0 Å². The molecule has 1 saturated carbocycles. The van der Waals surface area contributed by atoms with E-state index in [0.29, 0.717) is 17.2 Å². The Morgan fingerprint density at radius 3 is 2.50 bits per heavy atom. The fourth-order valence-electron chi connectivity index (χ4n) is 4.38. The molecular formula is C19H33N3O2. The largest absolute Gasteiger partial charge is 0.356 e. The van der Waals surface area contributed by atoms with Gasteiger partial charge in [0.1, 0.15) is 0 Å². The second kappa shape index (κ2) is 7.42. The molecular weight excluding hydrogens is 302 g/mol. The fourth-order valence-corrected chi connectivity index (χ4v) is 4.38. The van der Waals surface area contributed by atoms with Crippen molar-refractivity contribution in [1.82, 2.24) is 15.5 Å². The molecule has 0 bridgehead atoms. The zero-order valence-corrected chi connectivity index (χ0v) is 15.3. The molecule has 136 valence electrons. The number of rotatable bonds is 5. The van der Waals surface area contributed by atoms with Gasteiger partial charge in [-0.3, -0.25) is 9.59 Å². The standard InChI is InChI=1S/C19H33N3O2/c1-14(2)3-8-21-17(23)15-4-11-22(12-5-15)18(24)16-13-19(16)6-9-20-10-7-19/h14-16,20H,3-13H2,1-2H3,(H,21,23). The maximum Gasteiger partial charge on any atom is 0.226 e. The fraction of sp³-hybridized carbons (Fsp3) is 0.895. The van der Waals surface area contributed by atoms with Crippen LogP contribution >= 0.6 is 0 Å². The number of carbonyl (C=O) groups is 2. The highest BCUT2D eigenvalue weighted by atomic mass is 16.2. The number of hydrogen-bond acceptors (Lipinski definition) is 3. The third-order valence-electron chi connectivity index (χ3n) is 6.29. The second-order valence-corrected chi connectivity index (χ2v) is 8.44. The van der Waals surface area contributed by atoms with Gasteiger partial charge in [-0.25, -0.2) is 0 Å². The molecule has 24 heavy (non-hydrogen) atoms. The summed E-state index contributed by atoms with van der Waals surface area (Å²) in [5, 5.41) is 6.45. The molecule has 0 aromatic rings. The summed E-state index contributed by atoms with van der Waals surface area (Å²) in [6.45, 7) is 8.74. The zero-order chi connectivity index (χ0) is 17.2. The minimum absolute atomic E-state index is 0.0910. The summed E-state index contributed by atoms with van der Waals surface area (Å²) in [6, 6.07) is 0. The van der Waals surface area contributed by atoms with Crippen LogP contribution in [0.1, 0.15) is 52.4 Å². The zero-order valence-electron chi connectivity index (χ0n) is 15.3. The molecule has 1 aliphatic carbocycles. The number of hydrogen-bond donors (Lipinski definition) is 2. The molecule has 2 heterocycles. The topological polar surface area (TPSA) is 61.4 Å². The van der Waals surface area contributed by atoms with Crippen molar-refractivity contribution in [2.45, 2.75) is 52.4 Å². The van der Waals surface area contributed by atoms with E-state index in [2.05, 4.69) is 24.5 Å². The van der Waals surface area contributed by atoms with Crippen LogP contribution in [-0.4, -0.2) is 49.4 Å². The van der Waals surface area contributed by atoms with E-state index in [1.807, 2.05) is 4.90 Å². The van der Waals surface area contributed by atoms with Crippen molar-refractivity contribution in [2.75, 3.05) is 32.7 Å². The van der Waals surface area contributed by atoms with Crippen LogP contribution in [0.15, 0.2) is 0 Å². The van der Waals surface area contributed by atoms with E-state index in [4.69, 9.17) is 0 Å².